The molecular weight excluding hydrogens is 228 g/mol. The van der Waals surface area contributed by atoms with Crippen LogP contribution in [-0.2, 0) is 6.54 Å². The van der Waals surface area contributed by atoms with Gasteiger partial charge >= 0.3 is 0 Å². The lowest BCUT2D eigenvalue weighted by Crippen LogP contribution is -2.36. The largest absolute Gasteiger partial charge is 0.301 e. The minimum Gasteiger partial charge on any atom is -0.301 e. The zero-order valence-corrected chi connectivity index (χ0v) is 10.4. The van der Waals surface area contributed by atoms with Gasteiger partial charge in [0.2, 0.25) is 0 Å². The third-order valence-corrected chi connectivity index (χ3v) is 3.58. The smallest absolute Gasteiger partial charge is 0.137 e. The summed E-state index contributed by atoms with van der Waals surface area (Å²) < 4.78 is 1.89. The number of rotatable bonds is 4. The molecule has 0 aliphatic carbocycles. The first-order chi connectivity index (χ1) is 8.92. The van der Waals surface area contributed by atoms with Crippen molar-refractivity contribution in [1.29, 1.82) is 0 Å². The Morgan fingerprint density at radius 1 is 1.39 bits per heavy atom. The summed E-state index contributed by atoms with van der Waals surface area (Å²) in [6.07, 6.45) is 7.70. The molecule has 3 rings (SSSR count). The lowest BCUT2D eigenvalue weighted by Gasteiger charge is -2.32. The average Bonchev–Trinajstić information content (AvgIpc) is 3.10. The highest BCUT2D eigenvalue weighted by atomic mass is 15.3. The van der Waals surface area contributed by atoms with Crippen LogP contribution in [0.25, 0.3) is 0 Å². The molecule has 1 aliphatic rings. The van der Waals surface area contributed by atoms with Gasteiger partial charge in [0.15, 0.2) is 0 Å². The van der Waals surface area contributed by atoms with Crippen molar-refractivity contribution in [3.8, 4) is 0 Å². The summed E-state index contributed by atoms with van der Waals surface area (Å²) in [7, 11) is 0. The van der Waals surface area contributed by atoms with Gasteiger partial charge < -0.3 is 4.90 Å². The lowest BCUT2D eigenvalue weighted by atomic mass is 9.95. The van der Waals surface area contributed by atoms with Crippen LogP contribution in [0.4, 0.5) is 0 Å². The van der Waals surface area contributed by atoms with E-state index in [9.17, 15) is 0 Å². The van der Waals surface area contributed by atoms with E-state index in [0.717, 1.165) is 19.6 Å². The number of hydrogen-bond donors (Lipinski definition) is 1. The van der Waals surface area contributed by atoms with Crippen LogP contribution in [0.2, 0.25) is 0 Å². The number of nitrogens with zero attached hydrogens (tertiary/aromatic N) is 5. The molecule has 0 radical (unpaired) electrons. The van der Waals surface area contributed by atoms with E-state index >= 15 is 0 Å². The summed E-state index contributed by atoms with van der Waals surface area (Å²) in [5.41, 5.74) is 1.26. The minimum absolute atomic E-state index is 0.594. The van der Waals surface area contributed by atoms with Crippen LogP contribution < -0.4 is 0 Å². The number of aromatic nitrogens is 5. The number of hydrogen-bond acceptors (Lipinski definition) is 4. The normalized spacial score (nSPS) is 21.2. The van der Waals surface area contributed by atoms with Crippen molar-refractivity contribution in [3.63, 3.8) is 0 Å². The average molecular weight is 246 g/mol. The monoisotopic (exact) mass is 246 g/mol. The molecule has 1 fully saturated rings. The zero-order valence-electron chi connectivity index (χ0n) is 10.4. The number of piperidine rings is 1. The van der Waals surface area contributed by atoms with Crippen molar-refractivity contribution in [2.45, 2.75) is 25.3 Å². The fraction of sp³-hybridized carbons (Fsp3) is 0.583. The Morgan fingerprint density at radius 3 is 3.17 bits per heavy atom. The second-order valence-electron chi connectivity index (χ2n) is 4.81. The van der Waals surface area contributed by atoms with Gasteiger partial charge in [-0.25, -0.2) is 4.98 Å². The summed E-state index contributed by atoms with van der Waals surface area (Å²) in [5.74, 6) is 0.594. The van der Waals surface area contributed by atoms with E-state index in [0.29, 0.717) is 5.92 Å². The number of likely N-dealkylation sites (tertiary alicyclic amines) is 1. The molecule has 0 spiro atoms. The van der Waals surface area contributed by atoms with E-state index in [1.165, 1.54) is 25.1 Å². The van der Waals surface area contributed by atoms with E-state index in [-0.39, 0.29) is 0 Å². The molecule has 1 aliphatic heterocycles. The highest BCUT2D eigenvalue weighted by molar-refractivity contribution is 5.07. The van der Waals surface area contributed by atoms with E-state index < -0.39 is 0 Å². The van der Waals surface area contributed by atoms with E-state index in [2.05, 4.69) is 31.2 Å². The van der Waals surface area contributed by atoms with Gasteiger partial charge in [-0.2, -0.15) is 10.2 Å². The second-order valence-corrected chi connectivity index (χ2v) is 4.81. The molecule has 1 atom stereocenters. The van der Waals surface area contributed by atoms with Crippen LogP contribution in [0, 0.1) is 0 Å². The van der Waals surface area contributed by atoms with Gasteiger partial charge in [0, 0.05) is 30.9 Å². The second kappa shape index (κ2) is 5.30. The minimum atomic E-state index is 0.594. The van der Waals surface area contributed by atoms with Crippen LogP contribution >= 0.6 is 0 Å². The molecule has 2 aromatic heterocycles. The predicted molar refractivity (Wildman–Crippen MR) is 67.0 cm³/mol. The first-order valence-corrected chi connectivity index (χ1v) is 6.46. The SMILES string of the molecule is c1cc([C@H]2CCCN(CCn3cncn3)C2)[nH]n1. The molecule has 96 valence electrons. The Kier molecular flexibility index (Phi) is 3.36. The van der Waals surface area contributed by atoms with Gasteiger partial charge in [0.05, 0.1) is 6.54 Å². The summed E-state index contributed by atoms with van der Waals surface area (Å²) in [4.78, 5) is 6.46. The Hall–Kier alpha value is -1.69. The molecule has 0 amide bonds. The number of nitrogens with one attached hydrogen (secondary N) is 1. The van der Waals surface area contributed by atoms with E-state index in [4.69, 9.17) is 0 Å². The maximum Gasteiger partial charge on any atom is 0.137 e. The molecule has 6 nitrogen and oxygen atoms in total. The van der Waals surface area contributed by atoms with Gasteiger partial charge in [-0.3, -0.25) is 9.78 Å². The fourth-order valence-corrected chi connectivity index (χ4v) is 2.60. The van der Waals surface area contributed by atoms with E-state index in [1.54, 1.807) is 12.7 Å². The van der Waals surface area contributed by atoms with E-state index in [1.807, 2.05) is 10.9 Å². The molecule has 3 heterocycles. The molecule has 0 saturated carbocycles. The Balaban J connectivity index is 1.54. The molecule has 0 unspecified atom stereocenters. The topological polar surface area (TPSA) is 62.6 Å². The first kappa shape index (κ1) is 11.4. The van der Waals surface area contributed by atoms with Crippen molar-refractivity contribution in [2.24, 2.45) is 0 Å². The van der Waals surface area contributed by atoms with Crippen LogP contribution in [0.1, 0.15) is 24.5 Å². The van der Waals surface area contributed by atoms with Gasteiger partial charge in [0.25, 0.3) is 0 Å². The molecule has 6 heteroatoms. The number of aromatic amines is 1. The molecule has 1 saturated heterocycles. The summed E-state index contributed by atoms with van der Waals surface area (Å²) >= 11 is 0. The Labute approximate surface area is 106 Å². The maximum absolute atomic E-state index is 4.13. The first-order valence-electron chi connectivity index (χ1n) is 6.46. The standard InChI is InChI=1S/C12H18N6/c1-2-11(12-3-4-14-16-12)8-17(5-1)6-7-18-10-13-9-15-18/h3-4,9-11H,1-2,5-8H2,(H,14,16)/t11-/m0/s1. The molecule has 0 bridgehead atoms. The summed E-state index contributed by atoms with van der Waals surface area (Å²) in [6.45, 7) is 4.24. The highest BCUT2D eigenvalue weighted by Crippen LogP contribution is 2.24. The Morgan fingerprint density at radius 2 is 2.39 bits per heavy atom. The van der Waals surface area contributed by atoms with Crippen molar-refractivity contribution in [2.75, 3.05) is 19.6 Å². The van der Waals surface area contributed by atoms with Crippen LogP contribution in [0.15, 0.2) is 24.9 Å². The van der Waals surface area contributed by atoms with Gasteiger partial charge in [-0.1, -0.05) is 0 Å². The third-order valence-electron chi connectivity index (χ3n) is 3.58. The van der Waals surface area contributed by atoms with Crippen LogP contribution in [0.5, 0.6) is 0 Å². The van der Waals surface area contributed by atoms with Crippen LogP contribution in [-0.4, -0.2) is 49.5 Å². The van der Waals surface area contributed by atoms with Crippen molar-refractivity contribution >= 4 is 0 Å². The lowest BCUT2D eigenvalue weighted by molar-refractivity contribution is 0.197. The molecule has 1 N–H and O–H groups in total. The predicted octanol–water partition coefficient (Wildman–Crippen LogP) is 0.881. The summed E-state index contributed by atoms with van der Waals surface area (Å²) in [6, 6.07) is 2.09. The van der Waals surface area contributed by atoms with Gasteiger partial charge in [0.1, 0.15) is 12.7 Å². The van der Waals surface area contributed by atoms with Crippen LogP contribution in [0.3, 0.4) is 0 Å². The van der Waals surface area contributed by atoms with Crippen molar-refractivity contribution in [1.82, 2.24) is 29.9 Å². The van der Waals surface area contributed by atoms with Gasteiger partial charge in [-0.05, 0) is 25.5 Å². The summed E-state index contributed by atoms with van der Waals surface area (Å²) in [5, 5.41) is 11.3. The van der Waals surface area contributed by atoms with Crippen molar-refractivity contribution in [3.05, 3.63) is 30.6 Å². The quantitative estimate of drug-likeness (QED) is 0.870. The molecule has 2 aromatic rings. The maximum atomic E-state index is 4.13. The number of H-pyrrole nitrogens is 1. The third kappa shape index (κ3) is 2.59. The fourth-order valence-electron chi connectivity index (χ4n) is 2.60. The highest BCUT2D eigenvalue weighted by Gasteiger charge is 2.21. The zero-order chi connectivity index (χ0) is 12.2. The molecule has 18 heavy (non-hydrogen) atoms. The Bertz CT molecular complexity index is 449. The molecule has 0 aromatic carbocycles. The van der Waals surface area contributed by atoms with Crippen molar-refractivity contribution < 1.29 is 0 Å². The molecular formula is C12H18N6. The van der Waals surface area contributed by atoms with Gasteiger partial charge in [-0.15, -0.1) is 0 Å².